The van der Waals surface area contributed by atoms with Crippen LogP contribution in [-0.4, -0.2) is 33.8 Å². The van der Waals surface area contributed by atoms with Crippen LogP contribution in [-0.2, 0) is 14.8 Å². The summed E-state index contributed by atoms with van der Waals surface area (Å²) >= 11 is 0. The van der Waals surface area contributed by atoms with Gasteiger partial charge in [-0.2, -0.15) is 0 Å². The Morgan fingerprint density at radius 3 is 2.07 bits per heavy atom. The van der Waals surface area contributed by atoms with Crippen molar-refractivity contribution in [2.24, 2.45) is 0 Å². The lowest BCUT2D eigenvalue weighted by Gasteiger charge is -2.19. The first-order valence-corrected chi connectivity index (χ1v) is 10.2. The third-order valence-electron chi connectivity index (χ3n) is 4.28. The van der Waals surface area contributed by atoms with Crippen molar-refractivity contribution < 1.29 is 22.7 Å². The molecule has 0 unspecified atom stereocenters. The molecule has 29 heavy (non-hydrogen) atoms. The summed E-state index contributed by atoms with van der Waals surface area (Å²) in [6.07, 6.45) is 0. The average molecular weight is 409 g/mol. The molecule has 3 aromatic rings. The molecule has 148 valence electrons. The van der Waals surface area contributed by atoms with Crippen molar-refractivity contribution in [1.82, 2.24) is 0 Å². The van der Waals surface area contributed by atoms with Gasteiger partial charge in [0.1, 0.15) is 0 Å². The molecule has 3 rings (SSSR count). The molecule has 3 aromatic carbocycles. The first-order chi connectivity index (χ1) is 13.9. The van der Waals surface area contributed by atoms with Gasteiger partial charge in [-0.3, -0.25) is 9.10 Å². The van der Waals surface area contributed by atoms with E-state index in [4.69, 9.17) is 4.74 Å². The maximum Gasteiger partial charge on any atom is 0.338 e. The second kappa shape index (κ2) is 8.70. The molecular weight excluding hydrogens is 390 g/mol. The van der Waals surface area contributed by atoms with Crippen LogP contribution in [0.3, 0.4) is 0 Å². The number of nitrogens with zero attached hydrogens (tertiary/aromatic N) is 1. The summed E-state index contributed by atoms with van der Waals surface area (Å²) in [6, 6.07) is 22.6. The topological polar surface area (TPSA) is 80.8 Å². The molecule has 0 saturated carbocycles. The van der Waals surface area contributed by atoms with Crippen molar-refractivity contribution >= 4 is 27.5 Å². The number of ether oxygens (including phenoxy) is 1. The summed E-state index contributed by atoms with van der Waals surface area (Å²) in [7, 11) is -2.43. The summed E-state index contributed by atoms with van der Waals surface area (Å²) in [6.45, 7) is -0.427. The minimum absolute atomic E-state index is 0.0484. The maximum atomic E-state index is 12.9. The van der Waals surface area contributed by atoms with Gasteiger partial charge in [0.25, 0.3) is 10.0 Å². The lowest BCUT2D eigenvalue weighted by Crippen LogP contribution is -2.26. The third kappa shape index (κ3) is 4.70. The Bertz CT molecular complexity index is 1110. The predicted octanol–water partition coefficient (Wildman–Crippen LogP) is 3.55. The van der Waals surface area contributed by atoms with Gasteiger partial charge in [0.05, 0.1) is 16.1 Å². The standard InChI is InChI=1S/C22H19NO5S/c1-23(19-12-6-3-7-13-19)29(26,27)20-14-8-11-18(15-20)22(25)28-16-21(24)17-9-4-2-5-10-17/h2-15H,16H2,1H3. The van der Waals surface area contributed by atoms with Crippen LogP contribution in [0.4, 0.5) is 5.69 Å². The highest BCUT2D eigenvalue weighted by Crippen LogP contribution is 2.22. The summed E-state index contributed by atoms with van der Waals surface area (Å²) < 4.78 is 32.0. The minimum Gasteiger partial charge on any atom is -0.454 e. The molecule has 0 atom stereocenters. The zero-order valence-corrected chi connectivity index (χ0v) is 16.5. The number of Topliss-reactive ketones (excluding diaryl/α,β-unsaturated/α-hetero) is 1. The lowest BCUT2D eigenvalue weighted by atomic mass is 10.1. The lowest BCUT2D eigenvalue weighted by molar-refractivity contribution is 0.0474. The summed E-state index contributed by atoms with van der Waals surface area (Å²) in [5, 5.41) is 0. The zero-order valence-electron chi connectivity index (χ0n) is 15.7. The highest BCUT2D eigenvalue weighted by Gasteiger charge is 2.23. The largest absolute Gasteiger partial charge is 0.454 e. The number of benzene rings is 3. The van der Waals surface area contributed by atoms with E-state index < -0.39 is 22.6 Å². The number of ketones is 1. The second-order valence-corrected chi connectivity index (χ2v) is 8.17. The number of rotatable bonds is 7. The molecular formula is C22H19NO5S. The van der Waals surface area contributed by atoms with Gasteiger partial charge >= 0.3 is 5.97 Å². The molecule has 0 aliphatic heterocycles. The van der Waals surface area contributed by atoms with Gasteiger partial charge in [-0.05, 0) is 30.3 Å². The van der Waals surface area contributed by atoms with E-state index >= 15 is 0 Å². The van der Waals surface area contributed by atoms with E-state index in [1.165, 1.54) is 31.3 Å². The van der Waals surface area contributed by atoms with Gasteiger partial charge in [0.2, 0.25) is 0 Å². The number of anilines is 1. The first-order valence-electron chi connectivity index (χ1n) is 8.79. The molecule has 0 spiro atoms. The van der Waals surface area contributed by atoms with Gasteiger partial charge in [-0.15, -0.1) is 0 Å². The number of hydrogen-bond donors (Lipinski definition) is 0. The molecule has 0 radical (unpaired) electrons. The fraction of sp³-hybridized carbons (Fsp3) is 0.0909. The van der Waals surface area contributed by atoms with E-state index in [0.29, 0.717) is 11.3 Å². The van der Waals surface area contributed by atoms with Gasteiger partial charge < -0.3 is 4.74 Å². The van der Waals surface area contributed by atoms with Crippen molar-refractivity contribution in [1.29, 1.82) is 0 Å². The summed E-state index contributed by atoms with van der Waals surface area (Å²) in [5.41, 5.74) is 0.975. The van der Waals surface area contributed by atoms with Gasteiger partial charge in [0.15, 0.2) is 12.4 Å². The van der Waals surface area contributed by atoms with E-state index in [9.17, 15) is 18.0 Å². The average Bonchev–Trinajstić information content (AvgIpc) is 2.78. The number of esters is 1. The van der Waals surface area contributed by atoms with E-state index in [0.717, 1.165) is 4.31 Å². The molecule has 0 fully saturated rings. The molecule has 0 heterocycles. The quantitative estimate of drug-likeness (QED) is 0.440. The number of carbonyl (C=O) groups is 2. The molecule has 0 amide bonds. The van der Waals surface area contributed by atoms with Crippen LogP contribution in [0.5, 0.6) is 0 Å². The third-order valence-corrected chi connectivity index (χ3v) is 6.06. The van der Waals surface area contributed by atoms with Crippen LogP contribution >= 0.6 is 0 Å². The predicted molar refractivity (Wildman–Crippen MR) is 110 cm³/mol. The highest BCUT2D eigenvalue weighted by molar-refractivity contribution is 7.92. The van der Waals surface area contributed by atoms with Crippen molar-refractivity contribution in [2.45, 2.75) is 4.90 Å². The number of sulfonamides is 1. The Balaban J connectivity index is 1.75. The van der Waals surface area contributed by atoms with E-state index in [1.807, 2.05) is 0 Å². The Kier molecular flexibility index (Phi) is 6.09. The second-order valence-electron chi connectivity index (χ2n) is 6.20. The van der Waals surface area contributed by atoms with Crippen LogP contribution in [0, 0.1) is 0 Å². The molecule has 0 saturated heterocycles. The van der Waals surface area contributed by atoms with Crippen molar-refractivity contribution in [3.63, 3.8) is 0 Å². The van der Waals surface area contributed by atoms with E-state index in [-0.39, 0.29) is 16.2 Å². The fourth-order valence-electron chi connectivity index (χ4n) is 2.64. The van der Waals surface area contributed by atoms with Crippen molar-refractivity contribution in [2.75, 3.05) is 18.0 Å². The normalized spacial score (nSPS) is 10.9. The first kappa shape index (κ1) is 20.3. The van der Waals surface area contributed by atoms with E-state index in [2.05, 4.69) is 0 Å². The smallest absolute Gasteiger partial charge is 0.338 e. The molecule has 6 nitrogen and oxygen atoms in total. The van der Waals surface area contributed by atoms with E-state index in [1.54, 1.807) is 60.7 Å². The molecule has 0 bridgehead atoms. The van der Waals surface area contributed by atoms with Crippen LogP contribution in [0.25, 0.3) is 0 Å². The summed E-state index contributed by atoms with van der Waals surface area (Å²) in [5.74, 6) is -1.11. The molecule has 0 aromatic heterocycles. The summed E-state index contributed by atoms with van der Waals surface area (Å²) in [4.78, 5) is 24.3. The Hall–Kier alpha value is -3.45. The number of carbonyl (C=O) groups excluding carboxylic acids is 2. The van der Waals surface area contributed by atoms with Crippen LogP contribution < -0.4 is 4.31 Å². The SMILES string of the molecule is CN(c1ccccc1)S(=O)(=O)c1cccc(C(=O)OCC(=O)c2ccccc2)c1. The Morgan fingerprint density at radius 1 is 0.828 bits per heavy atom. The Labute approximate surface area is 169 Å². The van der Waals surface area contributed by atoms with Crippen LogP contribution in [0.1, 0.15) is 20.7 Å². The van der Waals surface area contributed by atoms with Crippen molar-refractivity contribution in [3.8, 4) is 0 Å². The number of para-hydroxylation sites is 1. The highest BCUT2D eigenvalue weighted by atomic mass is 32.2. The maximum absolute atomic E-state index is 12.9. The Morgan fingerprint density at radius 2 is 1.41 bits per heavy atom. The fourth-order valence-corrected chi connectivity index (χ4v) is 3.88. The van der Waals surface area contributed by atoms with Crippen LogP contribution in [0.2, 0.25) is 0 Å². The van der Waals surface area contributed by atoms with Crippen molar-refractivity contribution in [3.05, 3.63) is 96.1 Å². The van der Waals surface area contributed by atoms with Gasteiger partial charge in [-0.1, -0.05) is 54.6 Å². The monoisotopic (exact) mass is 409 g/mol. The molecule has 7 heteroatoms. The molecule has 0 aliphatic carbocycles. The van der Waals surface area contributed by atoms with Gasteiger partial charge in [0, 0.05) is 12.6 Å². The molecule has 0 N–H and O–H groups in total. The molecule has 0 aliphatic rings. The van der Waals surface area contributed by atoms with Gasteiger partial charge in [-0.25, -0.2) is 13.2 Å². The minimum atomic E-state index is -3.86. The van der Waals surface area contributed by atoms with Crippen LogP contribution in [0.15, 0.2) is 89.8 Å². The zero-order chi connectivity index (χ0) is 20.9. The number of hydrogen-bond acceptors (Lipinski definition) is 5.